The fourth-order valence-corrected chi connectivity index (χ4v) is 4.37. The molecule has 2 aliphatic heterocycles. The Labute approximate surface area is 141 Å². The molecule has 2 N–H and O–H groups in total. The Kier molecular flexibility index (Phi) is 4.03. The van der Waals surface area contributed by atoms with E-state index in [1.807, 2.05) is 6.07 Å². The van der Waals surface area contributed by atoms with Gasteiger partial charge in [-0.2, -0.15) is 5.26 Å². The van der Waals surface area contributed by atoms with Crippen LogP contribution in [-0.4, -0.2) is 36.1 Å². The van der Waals surface area contributed by atoms with Crippen LogP contribution in [0.15, 0.2) is 18.2 Å². The van der Waals surface area contributed by atoms with Crippen molar-refractivity contribution in [3.05, 3.63) is 35.3 Å². The summed E-state index contributed by atoms with van der Waals surface area (Å²) in [5.74, 6) is -0.163. The minimum atomic E-state index is -0.163. The monoisotopic (exact) mass is 326 g/mol. The summed E-state index contributed by atoms with van der Waals surface area (Å²) >= 11 is 0. The van der Waals surface area contributed by atoms with Gasteiger partial charge in [0, 0.05) is 42.7 Å². The second kappa shape index (κ2) is 6.19. The Hall–Kier alpha value is -1.90. The Bertz CT molecular complexity index is 780. The molecule has 3 heterocycles. The van der Waals surface area contributed by atoms with Crippen molar-refractivity contribution in [2.75, 3.05) is 26.2 Å². The van der Waals surface area contributed by atoms with E-state index in [0.29, 0.717) is 6.42 Å². The lowest BCUT2D eigenvalue weighted by Gasteiger charge is -2.45. The highest BCUT2D eigenvalue weighted by Gasteiger charge is 2.41. The van der Waals surface area contributed by atoms with Crippen molar-refractivity contribution in [1.82, 2.24) is 15.2 Å². The van der Waals surface area contributed by atoms with E-state index in [1.165, 1.54) is 17.3 Å². The first-order chi connectivity index (χ1) is 11.7. The highest BCUT2D eigenvalue weighted by Crippen LogP contribution is 2.40. The van der Waals surface area contributed by atoms with Gasteiger partial charge in [-0.3, -0.25) is 0 Å². The third-order valence-corrected chi connectivity index (χ3v) is 5.66. The first-order valence-electron chi connectivity index (χ1n) is 8.87. The van der Waals surface area contributed by atoms with Crippen LogP contribution in [0.4, 0.5) is 4.39 Å². The van der Waals surface area contributed by atoms with Gasteiger partial charge >= 0.3 is 0 Å². The van der Waals surface area contributed by atoms with Crippen molar-refractivity contribution in [2.24, 2.45) is 0 Å². The van der Waals surface area contributed by atoms with Crippen molar-refractivity contribution < 1.29 is 4.39 Å². The molecule has 126 valence electrons. The number of nitrogens with zero attached hydrogens (tertiary/aromatic N) is 2. The zero-order valence-corrected chi connectivity index (χ0v) is 13.9. The molecule has 24 heavy (non-hydrogen) atoms. The number of nitriles is 1. The predicted molar refractivity (Wildman–Crippen MR) is 92.2 cm³/mol. The second-order valence-electron chi connectivity index (χ2n) is 7.03. The number of nitrogens with one attached hydrogen (secondary N) is 2. The zero-order chi connectivity index (χ0) is 16.6. The van der Waals surface area contributed by atoms with Crippen LogP contribution in [-0.2, 0) is 12.0 Å². The highest BCUT2D eigenvalue weighted by atomic mass is 19.1. The Morgan fingerprint density at radius 2 is 2.12 bits per heavy atom. The first kappa shape index (κ1) is 15.6. The molecular weight excluding hydrogens is 303 g/mol. The van der Waals surface area contributed by atoms with Gasteiger partial charge in [0.1, 0.15) is 5.82 Å². The summed E-state index contributed by atoms with van der Waals surface area (Å²) in [6, 6.07) is 7.27. The van der Waals surface area contributed by atoms with Crippen LogP contribution < -0.4 is 5.32 Å². The smallest absolute Gasteiger partial charge is 0.123 e. The molecule has 0 atom stereocenters. The number of halogens is 1. The molecule has 2 aromatic rings. The molecule has 0 saturated carbocycles. The van der Waals surface area contributed by atoms with Crippen LogP contribution in [0.3, 0.4) is 0 Å². The van der Waals surface area contributed by atoms with Crippen LogP contribution in [0.5, 0.6) is 0 Å². The fourth-order valence-electron chi connectivity index (χ4n) is 4.37. The summed E-state index contributed by atoms with van der Waals surface area (Å²) in [7, 11) is 0. The Morgan fingerprint density at radius 3 is 2.92 bits per heavy atom. The molecule has 1 aromatic heterocycles. The van der Waals surface area contributed by atoms with E-state index in [0.717, 1.165) is 62.8 Å². The van der Waals surface area contributed by atoms with Gasteiger partial charge in [-0.15, -0.1) is 0 Å². The standard InChI is InChI=1S/C19H23FN4/c20-14-3-4-17-16(13-14)15-5-9-22-19(18(15)23-17)6-11-24(12-7-19)10-2-1-8-21/h3-4,13,22-23H,1-2,5-7,9-12H2. The van der Waals surface area contributed by atoms with Crippen molar-refractivity contribution in [3.8, 4) is 6.07 Å². The van der Waals surface area contributed by atoms with Gasteiger partial charge in [-0.25, -0.2) is 4.39 Å². The SMILES string of the molecule is N#CCCCN1CCC2(CC1)NCCc1c2[nH]c2ccc(F)cc12. The molecule has 0 aliphatic carbocycles. The van der Waals surface area contributed by atoms with Crippen LogP contribution in [0, 0.1) is 17.1 Å². The number of piperidine rings is 1. The first-order valence-corrected chi connectivity index (χ1v) is 8.87. The topological polar surface area (TPSA) is 54.9 Å². The van der Waals surface area contributed by atoms with Crippen molar-refractivity contribution in [1.29, 1.82) is 5.26 Å². The number of H-pyrrole nitrogens is 1. The van der Waals surface area contributed by atoms with Crippen LogP contribution >= 0.6 is 0 Å². The lowest BCUT2D eigenvalue weighted by Crippen LogP contribution is -2.54. The maximum atomic E-state index is 13.7. The maximum absolute atomic E-state index is 13.7. The molecule has 1 aromatic carbocycles. The summed E-state index contributed by atoms with van der Waals surface area (Å²) in [6.07, 6.45) is 4.65. The summed E-state index contributed by atoms with van der Waals surface area (Å²) < 4.78 is 13.7. The largest absolute Gasteiger partial charge is 0.357 e. The molecule has 0 radical (unpaired) electrons. The van der Waals surface area contributed by atoms with E-state index >= 15 is 0 Å². The summed E-state index contributed by atoms with van der Waals surface area (Å²) in [6.45, 7) is 4.04. The van der Waals surface area contributed by atoms with Gasteiger partial charge in [0.2, 0.25) is 0 Å². The second-order valence-corrected chi connectivity index (χ2v) is 7.03. The highest BCUT2D eigenvalue weighted by molar-refractivity contribution is 5.85. The third kappa shape index (κ3) is 2.60. The number of fused-ring (bicyclic) bond motifs is 4. The van der Waals surface area contributed by atoms with Crippen LogP contribution in [0.1, 0.15) is 36.9 Å². The average molecular weight is 326 g/mol. The Morgan fingerprint density at radius 1 is 1.29 bits per heavy atom. The molecule has 1 fully saturated rings. The van der Waals surface area contributed by atoms with Crippen molar-refractivity contribution in [3.63, 3.8) is 0 Å². The number of benzene rings is 1. The predicted octanol–water partition coefficient (Wildman–Crippen LogP) is 3.05. The van der Waals surface area contributed by atoms with E-state index in [2.05, 4.69) is 21.3 Å². The maximum Gasteiger partial charge on any atom is 0.123 e. The molecule has 5 heteroatoms. The number of hydrogen-bond acceptors (Lipinski definition) is 3. The average Bonchev–Trinajstić information content (AvgIpc) is 2.97. The quantitative estimate of drug-likeness (QED) is 0.853. The molecule has 1 spiro atoms. The molecule has 4 rings (SSSR count). The normalized spacial score (nSPS) is 20.2. The minimum Gasteiger partial charge on any atom is -0.357 e. The molecule has 1 saturated heterocycles. The fraction of sp³-hybridized carbons (Fsp3) is 0.526. The van der Waals surface area contributed by atoms with E-state index < -0.39 is 0 Å². The van der Waals surface area contributed by atoms with E-state index in [4.69, 9.17) is 5.26 Å². The molecule has 0 bridgehead atoms. The number of unbranched alkanes of at least 4 members (excludes halogenated alkanes) is 1. The molecule has 0 unspecified atom stereocenters. The number of aromatic amines is 1. The lowest BCUT2D eigenvalue weighted by atomic mass is 9.79. The van der Waals surface area contributed by atoms with E-state index in [9.17, 15) is 4.39 Å². The summed E-state index contributed by atoms with van der Waals surface area (Å²) in [5, 5.41) is 13.5. The van der Waals surface area contributed by atoms with Gasteiger partial charge in [0.05, 0.1) is 11.6 Å². The van der Waals surface area contributed by atoms with Crippen LogP contribution in [0.2, 0.25) is 0 Å². The van der Waals surface area contributed by atoms with Gasteiger partial charge in [0.25, 0.3) is 0 Å². The van der Waals surface area contributed by atoms with E-state index in [1.54, 1.807) is 6.07 Å². The summed E-state index contributed by atoms with van der Waals surface area (Å²) in [5.41, 5.74) is 3.60. The molecule has 4 nitrogen and oxygen atoms in total. The summed E-state index contributed by atoms with van der Waals surface area (Å²) in [4.78, 5) is 6.04. The molecule has 0 amide bonds. The molecular formula is C19H23FN4. The number of aromatic nitrogens is 1. The number of likely N-dealkylation sites (tertiary alicyclic amines) is 1. The molecule has 2 aliphatic rings. The van der Waals surface area contributed by atoms with E-state index in [-0.39, 0.29) is 11.4 Å². The number of rotatable bonds is 3. The third-order valence-electron chi connectivity index (χ3n) is 5.66. The van der Waals surface area contributed by atoms with Gasteiger partial charge < -0.3 is 15.2 Å². The van der Waals surface area contributed by atoms with Crippen LogP contribution in [0.25, 0.3) is 10.9 Å². The lowest BCUT2D eigenvalue weighted by molar-refractivity contribution is 0.126. The van der Waals surface area contributed by atoms with Crippen molar-refractivity contribution >= 4 is 10.9 Å². The number of hydrogen-bond donors (Lipinski definition) is 2. The zero-order valence-electron chi connectivity index (χ0n) is 13.9. The van der Waals surface area contributed by atoms with Crippen molar-refractivity contribution in [2.45, 2.75) is 37.6 Å². The van der Waals surface area contributed by atoms with Gasteiger partial charge in [-0.1, -0.05) is 0 Å². The van der Waals surface area contributed by atoms with Gasteiger partial charge in [-0.05, 0) is 56.0 Å². The van der Waals surface area contributed by atoms with Gasteiger partial charge in [0.15, 0.2) is 0 Å². The Balaban J connectivity index is 1.59. The minimum absolute atomic E-state index is 0.00515.